The van der Waals surface area contributed by atoms with Gasteiger partial charge in [0.2, 0.25) is 0 Å². The molecule has 0 aromatic heterocycles. The number of guanidine groups is 1. The highest BCUT2D eigenvalue weighted by molar-refractivity contribution is 5.92. The molecule has 4 heteroatoms. The summed E-state index contributed by atoms with van der Waals surface area (Å²) in [6.07, 6.45) is 2.36. The third-order valence-electron chi connectivity index (χ3n) is 3.49. The predicted octanol–water partition coefficient (Wildman–Crippen LogP) is 2.53. The number of nitrogens with zero attached hydrogens (tertiary/aromatic N) is 1. The lowest BCUT2D eigenvalue weighted by atomic mass is 9.98. The smallest absolute Gasteiger partial charge is 0.193 e. The minimum absolute atomic E-state index is 0.325. The Balaban J connectivity index is 2.60. The summed E-state index contributed by atoms with van der Waals surface area (Å²) in [7, 11) is 0. The first-order valence-electron chi connectivity index (χ1n) is 6.91. The number of nitrogens with one attached hydrogen (secondary N) is 1. The molecule has 0 amide bonds. The van der Waals surface area contributed by atoms with Crippen LogP contribution in [0.15, 0.2) is 29.3 Å². The average molecular weight is 263 g/mol. The molecule has 1 aromatic rings. The van der Waals surface area contributed by atoms with Crippen molar-refractivity contribution in [2.45, 2.75) is 45.6 Å². The van der Waals surface area contributed by atoms with Crippen LogP contribution in [0.25, 0.3) is 0 Å². The van der Waals surface area contributed by atoms with E-state index in [0.717, 1.165) is 12.1 Å². The molecule has 0 radical (unpaired) electrons. The van der Waals surface area contributed by atoms with Gasteiger partial charge in [-0.25, -0.2) is 0 Å². The van der Waals surface area contributed by atoms with Crippen molar-refractivity contribution in [3.63, 3.8) is 0 Å². The summed E-state index contributed by atoms with van der Waals surface area (Å²) in [4.78, 5) is 4.21. The van der Waals surface area contributed by atoms with E-state index in [1.807, 2.05) is 26.0 Å². The molecular weight excluding hydrogens is 238 g/mol. The lowest BCUT2D eigenvalue weighted by molar-refractivity contribution is 0.0419. The summed E-state index contributed by atoms with van der Waals surface area (Å²) in [6, 6.07) is 8.08. The zero-order chi connectivity index (χ0) is 14.3. The van der Waals surface area contributed by atoms with E-state index in [9.17, 15) is 5.11 Å². The fourth-order valence-electron chi connectivity index (χ4n) is 1.72. The van der Waals surface area contributed by atoms with Crippen LogP contribution in [0.3, 0.4) is 0 Å². The molecule has 0 saturated carbocycles. The van der Waals surface area contributed by atoms with E-state index in [2.05, 4.69) is 29.4 Å². The second-order valence-corrected chi connectivity index (χ2v) is 4.81. The summed E-state index contributed by atoms with van der Waals surface area (Å²) in [5.74, 6) is 0.338. The van der Waals surface area contributed by atoms with Gasteiger partial charge in [0.1, 0.15) is 0 Å². The summed E-state index contributed by atoms with van der Waals surface area (Å²) >= 11 is 0. The minimum atomic E-state index is -0.752. The molecule has 0 atom stereocenters. The zero-order valence-corrected chi connectivity index (χ0v) is 12.1. The van der Waals surface area contributed by atoms with Crippen molar-refractivity contribution in [1.82, 2.24) is 0 Å². The number of benzene rings is 1. The maximum absolute atomic E-state index is 10.1. The van der Waals surface area contributed by atoms with Gasteiger partial charge in [0.15, 0.2) is 5.96 Å². The lowest BCUT2D eigenvalue weighted by Crippen LogP contribution is -2.33. The first-order valence-corrected chi connectivity index (χ1v) is 6.91. The van der Waals surface area contributed by atoms with Gasteiger partial charge in [0.05, 0.1) is 12.1 Å². The Morgan fingerprint density at radius 2 is 1.79 bits per heavy atom. The fourth-order valence-corrected chi connectivity index (χ4v) is 1.72. The van der Waals surface area contributed by atoms with Crippen molar-refractivity contribution in [3.8, 4) is 0 Å². The number of nitrogens with two attached hydrogens (primary N) is 1. The molecule has 0 unspecified atom stereocenters. The van der Waals surface area contributed by atoms with Crippen LogP contribution in [0.4, 0.5) is 5.69 Å². The molecule has 1 aromatic carbocycles. The Labute approximate surface area is 115 Å². The fraction of sp³-hybridized carbons (Fsp3) is 0.533. The third-order valence-corrected chi connectivity index (χ3v) is 3.49. The average Bonchev–Trinajstić information content (AvgIpc) is 2.45. The first-order chi connectivity index (χ1) is 9.03. The predicted molar refractivity (Wildman–Crippen MR) is 81.5 cm³/mol. The molecule has 0 spiro atoms. The molecular formula is C15H25N3O. The number of aliphatic hydroxyl groups is 1. The maximum atomic E-state index is 10.1. The Hall–Kier alpha value is -1.55. The van der Waals surface area contributed by atoms with Crippen LogP contribution in [-0.2, 0) is 6.42 Å². The monoisotopic (exact) mass is 263 g/mol. The Morgan fingerprint density at radius 3 is 2.26 bits per heavy atom. The number of hydrogen-bond donors (Lipinski definition) is 3. The molecule has 0 saturated heterocycles. The number of aliphatic imine (C=N–C) groups is 1. The van der Waals surface area contributed by atoms with E-state index < -0.39 is 5.60 Å². The number of hydrogen-bond acceptors (Lipinski definition) is 2. The van der Waals surface area contributed by atoms with Crippen molar-refractivity contribution in [2.75, 3.05) is 11.9 Å². The Bertz CT molecular complexity index is 408. The summed E-state index contributed by atoms with van der Waals surface area (Å²) in [5.41, 5.74) is 7.27. The minimum Gasteiger partial charge on any atom is -0.388 e. The number of anilines is 1. The Kier molecular flexibility index (Phi) is 5.83. The molecule has 0 heterocycles. The van der Waals surface area contributed by atoms with Gasteiger partial charge in [-0.05, 0) is 37.0 Å². The van der Waals surface area contributed by atoms with E-state index in [1.165, 1.54) is 5.56 Å². The van der Waals surface area contributed by atoms with Crippen LogP contribution in [0.1, 0.15) is 39.2 Å². The van der Waals surface area contributed by atoms with Gasteiger partial charge in [-0.15, -0.1) is 0 Å². The molecule has 0 bridgehead atoms. The van der Waals surface area contributed by atoms with Crippen molar-refractivity contribution in [3.05, 3.63) is 29.8 Å². The maximum Gasteiger partial charge on any atom is 0.193 e. The lowest BCUT2D eigenvalue weighted by Gasteiger charge is -2.22. The van der Waals surface area contributed by atoms with Crippen molar-refractivity contribution in [2.24, 2.45) is 10.7 Å². The third kappa shape index (κ3) is 4.91. The van der Waals surface area contributed by atoms with Crippen molar-refractivity contribution in [1.29, 1.82) is 0 Å². The summed E-state index contributed by atoms with van der Waals surface area (Å²) < 4.78 is 0. The number of aryl methyl sites for hydroxylation is 1. The molecule has 0 fully saturated rings. The first kappa shape index (κ1) is 15.5. The highest BCUT2D eigenvalue weighted by Gasteiger charge is 2.21. The molecule has 106 valence electrons. The van der Waals surface area contributed by atoms with Crippen LogP contribution < -0.4 is 11.1 Å². The van der Waals surface area contributed by atoms with Gasteiger partial charge in [0, 0.05) is 5.69 Å². The van der Waals surface area contributed by atoms with Crippen molar-refractivity contribution >= 4 is 11.6 Å². The van der Waals surface area contributed by atoms with E-state index in [-0.39, 0.29) is 0 Å². The van der Waals surface area contributed by atoms with Crippen LogP contribution >= 0.6 is 0 Å². The number of rotatable bonds is 6. The summed E-state index contributed by atoms with van der Waals surface area (Å²) in [6.45, 7) is 6.35. The van der Waals surface area contributed by atoms with Gasteiger partial charge in [0.25, 0.3) is 0 Å². The largest absolute Gasteiger partial charge is 0.388 e. The molecule has 0 aliphatic rings. The van der Waals surface area contributed by atoms with Crippen LogP contribution in [0, 0.1) is 0 Å². The molecule has 19 heavy (non-hydrogen) atoms. The second-order valence-electron chi connectivity index (χ2n) is 4.81. The van der Waals surface area contributed by atoms with Crippen LogP contribution in [0.2, 0.25) is 0 Å². The topological polar surface area (TPSA) is 70.6 Å². The molecule has 0 aliphatic heterocycles. The van der Waals surface area contributed by atoms with E-state index in [4.69, 9.17) is 5.73 Å². The van der Waals surface area contributed by atoms with E-state index in [0.29, 0.717) is 25.3 Å². The van der Waals surface area contributed by atoms with E-state index in [1.54, 1.807) is 0 Å². The van der Waals surface area contributed by atoms with Gasteiger partial charge >= 0.3 is 0 Å². The second kappa shape index (κ2) is 7.14. The zero-order valence-electron chi connectivity index (χ0n) is 12.1. The highest BCUT2D eigenvalue weighted by Crippen LogP contribution is 2.15. The van der Waals surface area contributed by atoms with Gasteiger partial charge in [-0.3, -0.25) is 4.99 Å². The highest BCUT2D eigenvalue weighted by atomic mass is 16.3. The molecule has 1 rings (SSSR count). The molecule has 4 N–H and O–H groups in total. The van der Waals surface area contributed by atoms with Gasteiger partial charge in [-0.2, -0.15) is 0 Å². The van der Waals surface area contributed by atoms with Crippen molar-refractivity contribution < 1.29 is 5.11 Å². The quantitative estimate of drug-likeness (QED) is 0.545. The standard InChI is InChI=1S/C15H25N3O/c1-4-12-7-9-13(10-8-12)18-14(16)17-11-15(19,5-2)6-3/h7-10,19H,4-6,11H2,1-3H3,(H3,16,17,18). The molecule has 0 aliphatic carbocycles. The normalized spacial score (nSPS) is 12.5. The van der Waals surface area contributed by atoms with Gasteiger partial charge < -0.3 is 16.2 Å². The van der Waals surface area contributed by atoms with Crippen LogP contribution in [0.5, 0.6) is 0 Å². The SMILES string of the molecule is CCc1ccc(NC(N)=NCC(O)(CC)CC)cc1. The summed E-state index contributed by atoms with van der Waals surface area (Å²) in [5, 5.41) is 13.2. The van der Waals surface area contributed by atoms with Gasteiger partial charge in [-0.1, -0.05) is 32.9 Å². The van der Waals surface area contributed by atoms with Crippen LogP contribution in [-0.4, -0.2) is 23.2 Å². The van der Waals surface area contributed by atoms with E-state index >= 15 is 0 Å². The Morgan fingerprint density at radius 1 is 1.21 bits per heavy atom. The molecule has 4 nitrogen and oxygen atoms in total.